The van der Waals surface area contributed by atoms with Crippen molar-refractivity contribution in [3.8, 4) is 5.75 Å². The molecule has 0 aliphatic carbocycles. The molecule has 9 heteroatoms. The molecular weight excluding hydrogens is 318 g/mol. The van der Waals surface area contributed by atoms with Crippen LogP contribution in [0.4, 0.5) is 5.69 Å². The fourth-order valence-electron chi connectivity index (χ4n) is 1.86. The molecule has 0 aliphatic heterocycles. The Morgan fingerprint density at radius 2 is 1.92 bits per heavy atom. The molecule has 0 saturated heterocycles. The summed E-state index contributed by atoms with van der Waals surface area (Å²) < 4.78 is 10.3. The van der Waals surface area contributed by atoms with E-state index < -0.39 is 22.5 Å². The molecule has 0 bridgehead atoms. The minimum Gasteiger partial charge on any atom is -0.454 e. The SMILES string of the molecule is CC(C)(CC(=O)Oc1ccc([N+](=O)[O-])cc1)OC(=O)c1cc[nH]n1. The standard InChI is InChI=1S/C15H15N3O6/c1-15(2,24-14(20)12-7-8-16-17-12)9-13(19)23-11-5-3-10(4-6-11)18(21)22/h3-8H,9H2,1-2H3,(H,16,17). The van der Waals surface area contributed by atoms with Gasteiger partial charge in [-0.05, 0) is 32.0 Å². The van der Waals surface area contributed by atoms with E-state index >= 15 is 0 Å². The smallest absolute Gasteiger partial charge is 0.359 e. The largest absolute Gasteiger partial charge is 0.454 e. The summed E-state index contributed by atoms with van der Waals surface area (Å²) in [4.78, 5) is 33.8. The van der Waals surface area contributed by atoms with Gasteiger partial charge in [0, 0.05) is 18.3 Å². The molecule has 0 spiro atoms. The van der Waals surface area contributed by atoms with Crippen molar-refractivity contribution in [1.29, 1.82) is 0 Å². The zero-order valence-electron chi connectivity index (χ0n) is 13.0. The number of nitrogens with one attached hydrogen (secondary N) is 1. The Balaban J connectivity index is 1.92. The van der Waals surface area contributed by atoms with Crippen molar-refractivity contribution >= 4 is 17.6 Å². The van der Waals surface area contributed by atoms with Crippen molar-refractivity contribution in [1.82, 2.24) is 10.2 Å². The first-order valence-corrected chi connectivity index (χ1v) is 6.95. The van der Waals surface area contributed by atoms with Gasteiger partial charge < -0.3 is 9.47 Å². The van der Waals surface area contributed by atoms with Crippen molar-refractivity contribution in [2.45, 2.75) is 25.9 Å². The van der Waals surface area contributed by atoms with Crippen LogP contribution < -0.4 is 4.74 Å². The minimum absolute atomic E-state index is 0.104. The molecule has 1 aromatic carbocycles. The molecule has 2 rings (SSSR count). The number of ether oxygens (including phenoxy) is 2. The highest BCUT2D eigenvalue weighted by atomic mass is 16.6. The summed E-state index contributed by atoms with van der Waals surface area (Å²) in [6.45, 7) is 3.13. The predicted octanol–water partition coefficient (Wildman–Crippen LogP) is 2.25. The summed E-state index contributed by atoms with van der Waals surface area (Å²) in [6, 6.07) is 6.54. The Hall–Kier alpha value is -3.23. The van der Waals surface area contributed by atoms with Gasteiger partial charge in [0.15, 0.2) is 5.69 Å². The Morgan fingerprint density at radius 3 is 2.46 bits per heavy atom. The second-order valence-corrected chi connectivity index (χ2v) is 5.51. The molecule has 0 amide bonds. The number of rotatable bonds is 6. The predicted molar refractivity (Wildman–Crippen MR) is 81.4 cm³/mol. The summed E-state index contributed by atoms with van der Waals surface area (Å²) in [6.07, 6.45) is 1.28. The van der Waals surface area contributed by atoms with E-state index in [0.717, 1.165) is 0 Å². The third-order valence-electron chi connectivity index (χ3n) is 2.93. The van der Waals surface area contributed by atoms with E-state index in [1.54, 1.807) is 13.8 Å². The van der Waals surface area contributed by atoms with Gasteiger partial charge in [0.1, 0.15) is 11.4 Å². The number of non-ortho nitro benzene ring substituents is 1. The molecule has 0 aliphatic rings. The topological polar surface area (TPSA) is 124 Å². The van der Waals surface area contributed by atoms with E-state index in [1.807, 2.05) is 0 Å². The highest BCUT2D eigenvalue weighted by Gasteiger charge is 2.29. The first kappa shape index (κ1) is 17.1. The first-order chi connectivity index (χ1) is 11.3. The number of nitrogens with zero attached hydrogens (tertiary/aromatic N) is 2. The maximum Gasteiger partial charge on any atom is 0.359 e. The molecule has 1 aromatic heterocycles. The molecule has 0 saturated carbocycles. The third-order valence-corrected chi connectivity index (χ3v) is 2.93. The number of hydrogen-bond acceptors (Lipinski definition) is 7. The lowest BCUT2D eigenvalue weighted by Crippen LogP contribution is -2.32. The van der Waals surface area contributed by atoms with E-state index in [4.69, 9.17) is 9.47 Å². The number of carbonyl (C=O) groups is 2. The first-order valence-electron chi connectivity index (χ1n) is 6.95. The van der Waals surface area contributed by atoms with Gasteiger partial charge in [0.25, 0.3) is 5.69 Å². The molecule has 0 radical (unpaired) electrons. The van der Waals surface area contributed by atoms with E-state index in [-0.39, 0.29) is 23.6 Å². The second-order valence-electron chi connectivity index (χ2n) is 5.51. The summed E-state index contributed by atoms with van der Waals surface area (Å²) in [7, 11) is 0. The minimum atomic E-state index is -1.10. The number of nitro groups is 1. The van der Waals surface area contributed by atoms with Crippen molar-refractivity contribution in [2.24, 2.45) is 0 Å². The van der Waals surface area contributed by atoms with Crippen LogP contribution in [0.25, 0.3) is 0 Å². The Morgan fingerprint density at radius 1 is 1.25 bits per heavy atom. The molecule has 1 N–H and O–H groups in total. The Kier molecular flexibility index (Phi) is 4.93. The van der Waals surface area contributed by atoms with Crippen LogP contribution in [-0.4, -0.2) is 32.7 Å². The highest BCUT2D eigenvalue weighted by molar-refractivity contribution is 5.87. The summed E-state index contributed by atoms with van der Waals surface area (Å²) in [5.74, 6) is -1.13. The fourth-order valence-corrected chi connectivity index (χ4v) is 1.86. The summed E-state index contributed by atoms with van der Waals surface area (Å²) in [5.41, 5.74) is -1.11. The molecular formula is C15H15N3O6. The van der Waals surface area contributed by atoms with Gasteiger partial charge in [0.05, 0.1) is 11.3 Å². The molecule has 1 heterocycles. The quantitative estimate of drug-likeness (QED) is 0.372. The monoisotopic (exact) mass is 333 g/mol. The van der Waals surface area contributed by atoms with Crippen LogP contribution in [0, 0.1) is 10.1 Å². The van der Waals surface area contributed by atoms with Crippen molar-refractivity contribution in [2.75, 3.05) is 0 Å². The molecule has 2 aromatic rings. The molecule has 0 atom stereocenters. The van der Waals surface area contributed by atoms with Crippen LogP contribution in [0.1, 0.15) is 30.8 Å². The highest BCUT2D eigenvalue weighted by Crippen LogP contribution is 2.21. The van der Waals surface area contributed by atoms with Gasteiger partial charge >= 0.3 is 11.9 Å². The average molecular weight is 333 g/mol. The lowest BCUT2D eigenvalue weighted by Gasteiger charge is -2.23. The zero-order chi connectivity index (χ0) is 17.7. The number of aromatic amines is 1. The van der Waals surface area contributed by atoms with Crippen molar-refractivity contribution in [3.05, 3.63) is 52.3 Å². The van der Waals surface area contributed by atoms with Gasteiger partial charge in [-0.3, -0.25) is 20.0 Å². The number of aromatic nitrogens is 2. The fraction of sp³-hybridized carbons (Fsp3) is 0.267. The summed E-state index contributed by atoms with van der Waals surface area (Å²) in [5, 5.41) is 16.8. The van der Waals surface area contributed by atoms with Crippen LogP contribution in [0.5, 0.6) is 5.75 Å². The molecule has 0 fully saturated rings. The number of esters is 2. The van der Waals surface area contributed by atoms with E-state index in [1.165, 1.54) is 36.5 Å². The lowest BCUT2D eigenvalue weighted by atomic mass is 10.1. The number of carbonyl (C=O) groups excluding carboxylic acids is 2. The van der Waals surface area contributed by atoms with Crippen molar-refractivity contribution < 1.29 is 24.0 Å². The second kappa shape index (κ2) is 6.90. The Bertz CT molecular complexity index is 737. The van der Waals surface area contributed by atoms with Crippen LogP contribution in [0.15, 0.2) is 36.5 Å². The lowest BCUT2D eigenvalue weighted by molar-refractivity contribution is -0.384. The number of hydrogen-bond donors (Lipinski definition) is 1. The van der Waals surface area contributed by atoms with Crippen LogP contribution >= 0.6 is 0 Å². The van der Waals surface area contributed by atoms with Gasteiger partial charge in [0.2, 0.25) is 0 Å². The van der Waals surface area contributed by atoms with E-state index in [9.17, 15) is 19.7 Å². The van der Waals surface area contributed by atoms with Gasteiger partial charge in [-0.1, -0.05) is 0 Å². The van der Waals surface area contributed by atoms with E-state index in [2.05, 4.69) is 10.2 Å². The summed E-state index contributed by atoms with van der Waals surface area (Å²) >= 11 is 0. The number of benzene rings is 1. The Labute approximate surface area is 136 Å². The molecule has 126 valence electrons. The number of H-pyrrole nitrogens is 1. The van der Waals surface area contributed by atoms with Crippen LogP contribution in [-0.2, 0) is 9.53 Å². The van der Waals surface area contributed by atoms with Crippen LogP contribution in [0.2, 0.25) is 0 Å². The van der Waals surface area contributed by atoms with Crippen molar-refractivity contribution in [3.63, 3.8) is 0 Å². The van der Waals surface area contributed by atoms with Gasteiger partial charge in [-0.2, -0.15) is 5.10 Å². The zero-order valence-corrected chi connectivity index (χ0v) is 13.0. The third kappa shape index (κ3) is 4.63. The molecule has 9 nitrogen and oxygen atoms in total. The number of nitro benzene ring substituents is 1. The molecule has 24 heavy (non-hydrogen) atoms. The maximum absolute atomic E-state index is 11.9. The maximum atomic E-state index is 11.9. The normalized spacial score (nSPS) is 10.9. The average Bonchev–Trinajstić information content (AvgIpc) is 3.00. The van der Waals surface area contributed by atoms with Crippen LogP contribution in [0.3, 0.4) is 0 Å². The molecule has 0 unspecified atom stereocenters. The van der Waals surface area contributed by atoms with Gasteiger partial charge in [-0.15, -0.1) is 0 Å². The van der Waals surface area contributed by atoms with E-state index in [0.29, 0.717) is 0 Å². The van der Waals surface area contributed by atoms with Gasteiger partial charge in [-0.25, -0.2) is 4.79 Å².